The second-order valence-corrected chi connectivity index (χ2v) is 8.88. The van der Waals surface area contributed by atoms with Crippen LogP contribution >= 0.6 is 26.6 Å². The van der Waals surface area contributed by atoms with Crippen LogP contribution in [0.25, 0.3) is 0 Å². The van der Waals surface area contributed by atoms with Crippen LogP contribution in [0.15, 0.2) is 20.0 Å². The van der Waals surface area contributed by atoms with Crippen LogP contribution in [0.2, 0.25) is 0 Å². The molecule has 0 spiro atoms. The molecule has 0 aromatic carbocycles. The van der Waals surface area contributed by atoms with Gasteiger partial charge < -0.3 is 9.73 Å². The lowest BCUT2D eigenvalue weighted by atomic mass is 9.79. The van der Waals surface area contributed by atoms with Crippen molar-refractivity contribution in [1.29, 1.82) is 0 Å². The number of hydrogen-bond acceptors (Lipinski definition) is 4. The Morgan fingerprint density at radius 1 is 1.38 bits per heavy atom. The van der Waals surface area contributed by atoms with E-state index in [2.05, 4.69) is 35.1 Å². The molecule has 1 aromatic heterocycles. The number of amides is 1. The Morgan fingerprint density at radius 2 is 2.05 bits per heavy atom. The second-order valence-electron chi connectivity index (χ2n) is 5.62. The van der Waals surface area contributed by atoms with E-state index in [0.717, 1.165) is 25.3 Å². The molecule has 1 aliphatic rings. The van der Waals surface area contributed by atoms with Gasteiger partial charge in [-0.15, -0.1) is 0 Å². The summed E-state index contributed by atoms with van der Waals surface area (Å²) in [6.45, 7) is 4.38. The van der Waals surface area contributed by atoms with Crippen LogP contribution < -0.4 is 5.32 Å². The summed E-state index contributed by atoms with van der Waals surface area (Å²) in [6.07, 6.45) is 2.89. The van der Waals surface area contributed by atoms with Gasteiger partial charge in [-0.3, -0.25) is 4.79 Å². The molecule has 0 radical (unpaired) electrons. The van der Waals surface area contributed by atoms with Gasteiger partial charge in [-0.1, -0.05) is 13.8 Å². The average molecular weight is 399 g/mol. The Kier molecular flexibility index (Phi) is 5.05. The highest BCUT2D eigenvalue weighted by atomic mass is 79.9. The fraction of sp³-hybridized carbons (Fsp3) is 0.615. The van der Waals surface area contributed by atoms with Crippen molar-refractivity contribution < 1.29 is 17.6 Å². The molecule has 5 nitrogen and oxygen atoms in total. The van der Waals surface area contributed by atoms with Gasteiger partial charge in [-0.2, -0.15) is 0 Å². The third kappa shape index (κ3) is 4.02. The minimum absolute atomic E-state index is 0.0618. The van der Waals surface area contributed by atoms with E-state index in [1.54, 1.807) is 0 Å². The van der Waals surface area contributed by atoms with E-state index in [-0.39, 0.29) is 21.4 Å². The normalized spacial score (nSPS) is 26.6. The van der Waals surface area contributed by atoms with Gasteiger partial charge in [0.1, 0.15) is 4.90 Å². The fourth-order valence-electron chi connectivity index (χ4n) is 2.57. The van der Waals surface area contributed by atoms with Gasteiger partial charge in [-0.05, 0) is 47.0 Å². The third-order valence-corrected chi connectivity index (χ3v) is 6.25. The molecule has 0 aliphatic heterocycles. The molecule has 1 aliphatic carbocycles. The lowest BCUT2D eigenvalue weighted by Gasteiger charge is -2.32. The summed E-state index contributed by atoms with van der Waals surface area (Å²) in [6, 6.07) is 1.22. The SMILES string of the molecule is CC1CCC(NC(=O)c2cc(S(=O)(=O)Cl)c(Br)o2)CC1C. The van der Waals surface area contributed by atoms with E-state index in [1.165, 1.54) is 0 Å². The zero-order valence-electron chi connectivity index (χ0n) is 11.7. The minimum atomic E-state index is -3.94. The molecule has 8 heteroatoms. The predicted molar refractivity (Wildman–Crippen MR) is 82.9 cm³/mol. The van der Waals surface area contributed by atoms with Crippen molar-refractivity contribution in [3.05, 3.63) is 16.5 Å². The Balaban J connectivity index is 2.08. The van der Waals surface area contributed by atoms with Gasteiger partial charge >= 0.3 is 0 Å². The van der Waals surface area contributed by atoms with Crippen LogP contribution in [-0.4, -0.2) is 20.4 Å². The quantitative estimate of drug-likeness (QED) is 0.790. The second kappa shape index (κ2) is 6.30. The molecular formula is C13H17BrClNO4S. The summed E-state index contributed by atoms with van der Waals surface area (Å²) < 4.78 is 27.7. The molecule has 1 N–H and O–H groups in total. The Hall–Kier alpha value is -0.530. The summed E-state index contributed by atoms with van der Waals surface area (Å²) in [5.41, 5.74) is 0. The minimum Gasteiger partial charge on any atom is -0.443 e. The third-order valence-electron chi connectivity index (χ3n) is 4.08. The Morgan fingerprint density at radius 3 is 2.57 bits per heavy atom. The fourth-order valence-corrected chi connectivity index (χ4v) is 4.60. The van der Waals surface area contributed by atoms with Crippen LogP contribution in [0.5, 0.6) is 0 Å². The molecule has 1 amide bonds. The molecule has 0 bridgehead atoms. The van der Waals surface area contributed by atoms with Gasteiger partial charge in [0.05, 0.1) is 0 Å². The number of carbonyl (C=O) groups is 1. The Labute approximate surface area is 137 Å². The van der Waals surface area contributed by atoms with E-state index in [4.69, 9.17) is 15.1 Å². The number of halogens is 2. The maximum absolute atomic E-state index is 12.1. The summed E-state index contributed by atoms with van der Waals surface area (Å²) in [5, 5.41) is 2.89. The summed E-state index contributed by atoms with van der Waals surface area (Å²) >= 11 is 2.95. The first kappa shape index (κ1) is 16.8. The van der Waals surface area contributed by atoms with Crippen LogP contribution in [0.3, 0.4) is 0 Å². The number of carbonyl (C=O) groups excluding carboxylic acids is 1. The number of nitrogens with one attached hydrogen (secondary N) is 1. The van der Waals surface area contributed by atoms with Gasteiger partial charge in [-0.25, -0.2) is 8.42 Å². The highest BCUT2D eigenvalue weighted by Crippen LogP contribution is 2.31. The van der Waals surface area contributed by atoms with Gasteiger partial charge in [0.25, 0.3) is 15.0 Å². The number of rotatable bonds is 3. The average Bonchev–Trinajstić information content (AvgIpc) is 2.76. The van der Waals surface area contributed by atoms with E-state index >= 15 is 0 Å². The van der Waals surface area contributed by atoms with Gasteiger partial charge in [0.2, 0.25) is 0 Å². The maximum Gasteiger partial charge on any atom is 0.287 e. The van der Waals surface area contributed by atoms with Crippen molar-refractivity contribution in [2.75, 3.05) is 0 Å². The number of hydrogen-bond donors (Lipinski definition) is 1. The largest absolute Gasteiger partial charge is 0.443 e. The van der Waals surface area contributed by atoms with Crippen LogP contribution in [0, 0.1) is 11.8 Å². The van der Waals surface area contributed by atoms with Crippen LogP contribution in [0.4, 0.5) is 0 Å². The highest BCUT2D eigenvalue weighted by molar-refractivity contribution is 9.10. The van der Waals surface area contributed by atoms with Crippen molar-refractivity contribution in [2.45, 2.75) is 44.0 Å². The Bertz CT molecular complexity index is 643. The van der Waals surface area contributed by atoms with Crippen molar-refractivity contribution in [1.82, 2.24) is 5.32 Å². The lowest BCUT2D eigenvalue weighted by Crippen LogP contribution is -2.39. The first-order valence-electron chi connectivity index (χ1n) is 6.73. The van der Waals surface area contributed by atoms with Crippen LogP contribution in [0.1, 0.15) is 43.7 Å². The van der Waals surface area contributed by atoms with Crippen molar-refractivity contribution >= 4 is 41.6 Å². The summed E-state index contributed by atoms with van der Waals surface area (Å²) in [4.78, 5) is 11.9. The van der Waals surface area contributed by atoms with Crippen molar-refractivity contribution in [3.63, 3.8) is 0 Å². The van der Waals surface area contributed by atoms with Crippen LogP contribution in [-0.2, 0) is 9.05 Å². The van der Waals surface area contributed by atoms with Crippen molar-refractivity contribution in [2.24, 2.45) is 11.8 Å². The molecule has 1 fully saturated rings. The van der Waals surface area contributed by atoms with E-state index in [1.807, 2.05) is 0 Å². The van der Waals surface area contributed by atoms with Gasteiger partial charge in [0.15, 0.2) is 10.4 Å². The van der Waals surface area contributed by atoms with E-state index in [9.17, 15) is 13.2 Å². The molecule has 1 aromatic rings. The summed E-state index contributed by atoms with van der Waals surface area (Å²) in [5.74, 6) is 0.719. The molecule has 118 valence electrons. The monoisotopic (exact) mass is 397 g/mol. The predicted octanol–water partition coefficient (Wildman–Crippen LogP) is 3.52. The summed E-state index contributed by atoms with van der Waals surface area (Å²) in [7, 11) is 1.32. The highest BCUT2D eigenvalue weighted by Gasteiger charge is 2.28. The lowest BCUT2D eigenvalue weighted by molar-refractivity contribution is 0.0881. The zero-order chi connectivity index (χ0) is 15.8. The van der Waals surface area contributed by atoms with E-state index in [0.29, 0.717) is 11.8 Å². The molecule has 2 rings (SSSR count). The molecule has 0 saturated heterocycles. The van der Waals surface area contributed by atoms with E-state index < -0.39 is 15.0 Å². The maximum atomic E-state index is 12.1. The molecule has 21 heavy (non-hydrogen) atoms. The standard InChI is InChI=1S/C13H17BrClNO4S/c1-7-3-4-9(5-8(7)2)16-13(17)10-6-11(12(14)20-10)21(15,18)19/h6-9H,3-5H2,1-2H3,(H,16,17). The van der Waals surface area contributed by atoms with Gasteiger partial charge in [0, 0.05) is 22.8 Å². The first-order chi connectivity index (χ1) is 9.68. The molecule has 3 atom stereocenters. The molecule has 1 saturated carbocycles. The smallest absolute Gasteiger partial charge is 0.287 e. The molecular weight excluding hydrogens is 382 g/mol. The van der Waals surface area contributed by atoms with Crippen molar-refractivity contribution in [3.8, 4) is 0 Å². The zero-order valence-corrected chi connectivity index (χ0v) is 14.9. The number of furan rings is 1. The molecule has 3 unspecified atom stereocenters. The molecule has 1 heterocycles. The topological polar surface area (TPSA) is 76.4 Å². The first-order valence-corrected chi connectivity index (χ1v) is 9.83.